The van der Waals surface area contributed by atoms with E-state index in [1.807, 2.05) is 25.1 Å². The lowest BCUT2D eigenvalue weighted by molar-refractivity contribution is -0.121. The SMILES string of the molecule is C[C@H](NC(=O)CCC(=O)c1ccccc1)c1nncn1C1CCCC1. The summed E-state index contributed by atoms with van der Waals surface area (Å²) in [6.07, 6.45) is 6.87. The van der Waals surface area contributed by atoms with Crippen molar-refractivity contribution in [3.63, 3.8) is 0 Å². The average Bonchev–Trinajstić information content (AvgIpc) is 3.31. The molecule has 1 atom stereocenters. The standard InChI is InChI=1S/C19H24N4O2/c1-14(19-22-20-13-23(19)16-9-5-6-10-16)21-18(25)12-11-17(24)15-7-3-2-4-8-15/h2-4,7-8,13-14,16H,5-6,9-12H2,1H3,(H,21,25)/t14-/m0/s1. The van der Waals surface area contributed by atoms with Crippen LogP contribution in [0.25, 0.3) is 0 Å². The molecular weight excluding hydrogens is 316 g/mol. The molecule has 6 heteroatoms. The van der Waals surface area contributed by atoms with Gasteiger partial charge in [-0.25, -0.2) is 0 Å². The molecule has 0 unspecified atom stereocenters. The minimum atomic E-state index is -0.220. The van der Waals surface area contributed by atoms with Crippen molar-refractivity contribution in [3.05, 3.63) is 48.0 Å². The molecule has 6 nitrogen and oxygen atoms in total. The number of Topliss-reactive ketones (excluding diaryl/α,β-unsaturated/α-hetero) is 1. The number of ketones is 1. The van der Waals surface area contributed by atoms with Crippen LogP contribution in [0.3, 0.4) is 0 Å². The lowest BCUT2D eigenvalue weighted by Gasteiger charge is -2.18. The molecule has 1 N–H and O–H groups in total. The van der Waals surface area contributed by atoms with E-state index in [1.54, 1.807) is 18.5 Å². The minimum absolute atomic E-state index is 0.0162. The van der Waals surface area contributed by atoms with E-state index in [9.17, 15) is 9.59 Å². The van der Waals surface area contributed by atoms with Crippen LogP contribution in [0.5, 0.6) is 0 Å². The number of amides is 1. The molecule has 0 aliphatic heterocycles. The first-order chi connectivity index (χ1) is 12.1. The number of nitrogens with zero attached hydrogens (tertiary/aromatic N) is 3. The number of carbonyl (C=O) groups is 2. The lowest BCUT2D eigenvalue weighted by atomic mass is 10.1. The highest BCUT2D eigenvalue weighted by Gasteiger charge is 2.23. The first kappa shape index (κ1) is 17.3. The number of hydrogen-bond donors (Lipinski definition) is 1. The van der Waals surface area contributed by atoms with Crippen molar-refractivity contribution in [1.29, 1.82) is 0 Å². The molecule has 1 saturated carbocycles. The van der Waals surface area contributed by atoms with Crippen molar-refractivity contribution in [2.45, 2.75) is 57.5 Å². The molecule has 2 aromatic rings. The summed E-state index contributed by atoms with van der Waals surface area (Å²) < 4.78 is 2.09. The van der Waals surface area contributed by atoms with Crippen LogP contribution in [0, 0.1) is 0 Å². The normalized spacial score (nSPS) is 15.9. The zero-order chi connectivity index (χ0) is 17.6. The van der Waals surface area contributed by atoms with Crippen molar-refractivity contribution >= 4 is 11.7 Å². The predicted octanol–water partition coefficient (Wildman–Crippen LogP) is 3.23. The van der Waals surface area contributed by atoms with Gasteiger partial charge in [-0.1, -0.05) is 43.2 Å². The molecule has 25 heavy (non-hydrogen) atoms. The Hall–Kier alpha value is -2.50. The second-order valence-corrected chi connectivity index (χ2v) is 6.61. The number of nitrogens with one attached hydrogen (secondary N) is 1. The highest BCUT2D eigenvalue weighted by Crippen LogP contribution is 2.31. The van der Waals surface area contributed by atoms with E-state index in [1.165, 1.54) is 12.8 Å². The molecule has 0 bridgehead atoms. The van der Waals surface area contributed by atoms with E-state index in [-0.39, 0.29) is 30.6 Å². The van der Waals surface area contributed by atoms with Crippen LogP contribution < -0.4 is 5.32 Å². The molecule has 1 aliphatic carbocycles. The maximum Gasteiger partial charge on any atom is 0.221 e. The molecule has 0 radical (unpaired) electrons. The van der Waals surface area contributed by atoms with Gasteiger partial charge in [0.2, 0.25) is 5.91 Å². The van der Waals surface area contributed by atoms with Gasteiger partial charge in [0.05, 0.1) is 6.04 Å². The molecule has 1 aromatic carbocycles. The van der Waals surface area contributed by atoms with Crippen LogP contribution in [-0.4, -0.2) is 26.5 Å². The fraction of sp³-hybridized carbons (Fsp3) is 0.474. The number of benzene rings is 1. The highest BCUT2D eigenvalue weighted by molar-refractivity contribution is 5.97. The Morgan fingerprint density at radius 2 is 1.92 bits per heavy atom. The monoisotopic (exact) mass is 340 g/mol. The summed E-state index contributed by atoms with van der Waals surface area (Å²) in [5.74, 6) is 0.630. The number of rotatable bonds is 7. The van der Waals surface area contributed by atoms with E-state index in [0.717, 1.165) is 18.7 Å². The highest BCUT2D eigenvalue weighted by atomic mass is 16.2. The van der Waals surface area contributed by atoms with E-state index in [2.05, 4.69) is 20.1 Å². The Morgan fingerprint density at radius 1 is 1.20 bits per heavy atom. The van der Waals surface area contributed by atoms with Crippen molar-refractivity contribution in [2.24, 2.45) is 0 Å². The van der Waals surface area contributed by atoms with Gasteiger partial charge in [-0.05, 0) is 19.8 Å². The molecule has 1 aromatic heterocycles. The van der Waals surface area contributed by atoms with Gasteiger partial charge in [0, 0.05) is 24.4 Å². The Balaban J connectivity index is 1.53. The summed E-state index contributed by atoms with van der Waals surface area (Å²) in [6.45, 7) is 1.91. The third kappa shape index (κ3) is 4.32. The molecule has 0 spiro atoms. The molecule has 1 amide bonds. The van der Waals surface area contributed by atoms with Gasteiger partial charge in [0.1, 0.15) is 6.33 Å². The smallest absolute Gasteiger partial charge is 0.221 e. The van der Waals surface area contributed by atoms with Crippen molar-refractivity contribution < 1.29 is 9.59 Å². The molecule has 1 heterocycles. The average molecular weight is 340 g/mol. The Kier molecular flexibility index (Phi) is 5.58. The summed E-state index contributed by atoms with van der Waals surface area (Å²) in [4.78, 5) is 24.3. The van der Waals surface area contributed by atoms with E-state index < -0.39 is 0 Å². The van der Waals surface area contributed by atoms with Gasteiger partial charge < -0.3 is 9.88 Å². The summed E-state index contributed by atoms with van der Waals surface area (Å²) in [5, 5.41) is 11.1. The van der Waals surface area contributed by atoms with Crippen LogP contribution in [0.15, 0.2) is 36.7 Å². The van der Waals surface area contributed by atoms with Gasteiger partial charge in [0.25, 0.3) is 0 Å². The van der Waals surface area contributed by atoms with Crippen molar-refractivity contribution in [2.75, 3.05) is 0 Å². The zero-order valence-corrected chi connectivity index (χ0v) is 14.5. The van der Waals surface area contributed by atoms with E-state index >= 15 is 0 Å². The summed E-state index contributed by atoms with van der Waals surface area (Å²) in [6, 6.07) is 9.27. The molecule has 3 rings (SSSR count). The second kappa shape index (κ2) is 8.05. The third-order valence-corrected chi connectivity index (χ3v) is 4.76. The van der Waals surface area contributed by atoms with Crippen LogP contribution >= 0.6 is 0 Å². The van der Waals surface area contributed by atoms with Gasteiger partial charge >= 0.3 is 0 Å². The maximum absolute atomic E-state index is 12.2. The van der Waals surface area contributed by atoms with Gasteiger partial charge in [-0.2, -0.15) is 0 Å². The van der Waals surface area contributed by atoms with Crippen LogP contribution in [0.2, 0.25) is 0 Å². The topological polar surface area (TPSA) is 76.9 Å². The Labute approximate surface area is 147 Å². The maximum atomic E-state index is 12.2. The van der Waals surface area contributed by atoms with E-state index in [4.69, 9.17) is 0 Å². The Morgan fingerprint density at radius 3 is 2.64 bits per heavy atom. The van der Waals surface area contributed by atoms with Gasteiger partial charge in [-0.3, -0.25) is 9.59 Å². The summed E-state index contributed by atoms with van der Waals surface area (Å²) in [5.41, 5.74) is 0.643. The predicted molar refractivity (Wildman–Crippen MR) is 94.1 cm³/mol. The largest absolute Gasteiger partial charge is 0.346 e. The number of hydrogen-bond acceptors (Lipinski definition) is 4. The van der Waals surface area contributed by atoms with Gasteiger partial charge in [0.15, 0.2) is 11.6 Å². The molecule has 1 aliphatic rings. The van der Waals surface area contributed by atoms with Crippen LogP contribution in [0.1, 0.15) is 73.7 Å². The Bertz CT molecular complexity index is 720. The first-order valence-electron chi connectivity index (χ1n) is 8.92. The second-order valence-electron chi connectivity index (χ2n) is 6.61. The van der Waals surface area contributed by atoms with Crippen molar-refractivity contribution in [1.82, 2.24) is 20.1 Å². The quantitative estimate of drug-likeness (QED) is 0.785. The third-order valence-electron chi connectivity index (χ3n) is 4.76. The number of aromatic nitrogens is 3. The molecule has 0 saturated heterocycles. The fourth-order valence-corrected chi connectivity index (χ4v) is 3.40. The van der Waals surface area contributed by atoms with Gasteiger partial charge in [-0.15, -0.1) is 10.2 Å². The zero-order valence-electron chi connectivity index (χ0n) is 14.5. The van der Waals surface area contributed by atoms with Crippen molar-refractivity contribution in [3.8, 4) is 0 Å². The summed E-state index contributed by atoms with van der Waals surface area (Å²) in [7, 11) is 0. The van der Waals surface area contributed by atoms with E-state index in [0.29, 0.717) is 11.6 Å². The first-order valence-corrected chi connectivity index (χ1v) is 8.92. The molecule has 132 valence electrons. The lowest BCUT2D eigenvalue weighted by Crippen LogP contribution is -2.29. The van der Waals surface area contributed by atoms with Crippen LogP contribution in [-0.2, 0) is 4.79 Å². The molecule has 1 fully saturated rings. The minimum Gasteiger partial charge on any atom is -0.346 e. The van der Waals surface area contributed by atoms with Crippen LogP contribution in [0.4, 0.5) is 0 Å². The summed E-state index contributed by atoms with van der Waals surface area (Å²) >= 11 is 0. The number of carbonyl (C=O) groups excluding carboxylic acids is 2. The fourth-order valence-electron chi connectivity index (χ4n) is 3.40. The molecular formula is C19H24N4O2.